The zero-order chi connectivity index (χ0) is 27.6. The van der Waals surface area contributed by atoms with Crippen molar-refractivity contribution in [2.24, 2.45) is 0 Å². The van der Waals surface area contributed by atoms with Gasteiger partial charge in [0.25, 0.3) is 5.56 Å². The van der Waals surface area contributed by atoms with Gasteiger partial charge in [-0.3, -0.25) is 19.3 Å². The van der Waals surface area contributed by atoms with Crippen LogP contribution < -0.4 is 10.5 Å². The van der Waals surface area contributed by atoms with Crippen molar-refractivity contribution in [1.82, 2.24) is 23.9 Å². The summed E-state index contributed by atoms with van der Waals surface area (Å²) in [5, 5.41) is 0. The third-order valence-corrected chi connectivity index (χ3v) is 7.03. The monoisotopic (exact) mass is 538 g/mol. The second-order valence-corrected chi connectivity index (χ2v) is 9.79. The summed E-state index contributed by atoms with van der Waals surface area (Å²) in [6.45, 7) is 2.33. The smallest absolute Gasteiger partial charge is 0.414 e. The molecule has 0 spiro atoms. The van der Waals surface area contributed by atoms with E-state index in [9.17, 15) is 19.2 Å². The molecule has 0 saturated heterocycles. The quantitative estimate of drug-likeness (QED) is 0.457. The summed E-state index contributed by atoms with van der Waals surface area (Å²) < 4.78 is 8.48. The highest BCUT2D eigenvalue weighted by Gasteiger charge is 2.31. The van der Waals surface area contributed by atoms with Crippen LogP contribution in [0.3, 0.4) is 0 Å². The first kappa shape index (κ1) is 29.4. The Bertz CT molecular complexity index is 1430. The Morgan fingerprint density at radius 3 is 2.51 bits per heavy atom. The molecule has 210 valence electrons. The van der Waals surface area contributed by atoms with E-state index in [1.54, 1.807) is 48.9 Å². The van der Waals surface area contributed by atoms with Gasteiger partial charge in [-0.05, 0) is 38.0 Å². The summed E-state index contributed by atoms with van der Waals surface area (Å²) in [6.07, 6.45) is 3.18. The zero-order valence-corrected chi connectivity index (χ0v) is 22.5. The molecule has 39 heavy (non-hydrogen) atoms. The lowest BCUT2D eigenvalue weighted by Gasteiger charge is -2.34. The number of hydrogen-bond donors (Lipinski definition) is 0. The van der Waals surface area contributed by atoms with Gasteiger partial charge in [-0.25, -0.2) is 9.78 Å². The van der Waals surface area contributed by atoms with Crippen molar-refractivity contribution in [2.75, 3.05) is 39.7 Å². The molecule has 0 bridgehead atoms. The fraction of sp³-hybridized carbons (Fsp3) is 0.464. The van der Waals surface area contributed by atoms with Crippen LogP contribution in [0.25, 0.3) is 11.0 Å². The molecule has 0 aliphatic carbocycles. The zero-order valence-electron chi connectivity index (χ0n) is 22.5. The standard InChI is InChI=1S/C27H34N6O5.CH4/c1-18-9-10-19-20(33(18)27(37)38-5)11-12-21-26(19)28-22(13-15-31-14-7-6-8-23(31)34)32(21)17-25(36)30(4)16-24(35)29(2)3;/h6-8,11-12,14,18H,9-10,13,15-17H2,1-5H3;1H4/t18-;/m0./s1. The van der Waals surface area contributed by atoms with Crippen LogP contribution in [0, 0.1) is 0 Å². The molecule has 11 heteroatoms. The van der Waals surface area contributed by atoms with E-state index in [-0.39, 0.29) is 43.9 Å². The van der Waals surface area contributed by atoms with Gasteiger partial charge in [0, 0.05) is 58.0 Å². The first-order valence-corrected chi connectivity index (χ1v) is 12.6. The largest absolute Gasteiger partial charge is 0.452 e. The van der Waals surface area contributed by atoms with Crippen molar-refractivity contribution in [2.45, 2.75) is 52.7 Å². The number of ether oxygens (including phenoxy) is 1. The van der Waals surface area contributed by atoms with Crippen LogP contribution in [-0.4, -0.2) is 82.7 Å². The maximum absolute atomic E-state index is 13.2. The second kappa shape index (κ2) is 12.1. The van der Waals surface area contributed by atoms with Crippen molar-refractivity contribution in [1.29, 1.82) is 0 Å². The van der Waals surface area contributed by atoms with Crippen molar-refractivity contribution in [3.8, 4) is 0 Å². The lowest BCUT2D eigenvalue weighted by Crippen LogP contribution is -2.42. The summed E-state index contributed by atoms with van der Waals surface area (Å²) in [6, 6.07) is 8.70. The Morgan fingerprint density at radius 2 is 1.85 bits per heavy atom. The van der Waals surface area contributed by atoms with Gasteiger partial charge < -0.3 is 23.7 Å². The van der Waals surface area contributed by atoms with Gasteiger partial charge in [0.15, 0.2) is 0 Å². The number of pyridine rings is 1. The average molecular weight is 539 g/mol. The fourth-order valence-corrected chi connectivity index (χ4v) is 4.77. The molecule has 3 amide bonds. The fourth-order valence-electron chi connectivity index (χ4n) is 4.77. The molecule has 3 heterocycles. The Labute approximate surface area is 228 Å². The summed E-state index contributed by atoms with van der Waals surface area (Å²) in [7, 11) is 6.26. The Kier molecular flexibility index (Phi) is 9.15. The Morgan fingerprint density at radius 1 is 1.10 bits per heavy atom. The van der Waals surface area contributed by atoms with E-state index < -0.39 is 6.09 Å². The summed E-state index contributed by atoms with van der Waals surface area (Å²) in [5.41, 5.74) is 3.04. The number of carbonyl (C=O) groups excluding carboxylic acids is 3. The molecule has 0 N–H and O–H groups in total. The molecule has 0 radical (unpaired) electrons. The van der Waals surface area contributed by atoms with Crippen LogP contribution in [0.15, 0.2) is 41.3 Å². The molecular weight excluding hydrogens is 500 g/mol. The predicted octanol–water partition coefficient (Wildman–Crippen LogP) is 2.53. The summed E-state index contributed by atoms with van der Waals surface area (Å²) in [5.74, 6) is 0.236. The lowest BCUT2D eigenvalue weighted by molar-refractivity contribution is -0.138. The number of amides is 3. The molecular formula is C28H38N6O5. The minimum absolute atomic E-state index is 0. The topological polar surface area (TPSA) is 110 Å². The average Bonchev–Trinajstić information content (AvgIpc) is 3.24. The number of likely N-dealkylation sites (N-methyl/N-ethyl adjacent to an activating group) is 2. The molecule has 1 aliphatic rings. The van der Waals surface area contributed by atoms with Crippen molar-refractivity contribution in [3.05, 3.63) is 58.3 Å². The van der Waals surface area contributed by atoms with Gasteiger partial charge in [-0.15, -0.1) is 0 Å². The van der Waals surface area contributed by atoms with Crippen LogP contribution in [0.4, 0.5) is 10.5 Å². The molecule has 2 aromatic heterocycles. The molecule has 11 nitrogen and oxygen atoms in total. The van der Waals surface area contributed by atoms with E-state index in [1.807, 2.05) is 23.6 Å². The van der Waals surface area contributed by atoms with E-state index in [0.29, 0.717) is 18.8 Å². The molecule has 3 aromatic rings. The number of anilines is 1. The number of aryl methyl sites for hydroxylation is 3. The number of fused-ring (bicyclic) bond motifs is 3. The molecule has 1 atom stereocenters. The third kappa shape index (κ3) is 5.97. The minimum Gasteiger partial charge on any atom is -0.452 e. The molecule has 0 unspecified atom stereocenters. The van der Waals surface area contributed by atoms with E-state index >= 15 is 0 Å². The third-order valence-electron chi connectivity index (χ3n) is 7.03. The van der Waals surface area contributed by atoms with Gasteiger partial charge in [0.1, 0.15) is 12.4 Å². The van der Waals surface area contributed by atoms with E-state index in [0.717, 1.165) is 35.1 Å². The highest BCUT2D eigenvalue weighted by atomic mass is 16.5. The Hall–Kier alpha value is -4.15. The van der Waals surface area contributed by atoms with E-state index in [2.05, 4.69) is 0 Å². The van der Waals surface area contributed by atoms with E-state index in [4.69, 9.17) is 9.72 Å². The molecule has 0 fully saturated rings. The lowest BCUT2D eigenvalue weighted by atomic mass is 9.96. The highest BCUT2D eigenvalue weighted by molar-refractivity contribution is 5.96. The van der Waals surface area contributed by atoms with Crippen LogP contribution in [0.5, 0.6) is 0 Å². The SMILES string of the molecule is C.COC(=O)N1c2ccc3c(nc(CCn4ccccc4=O)n3CC(=O)N(C)CC(=O)N(C)C)c2CC[C@@H]1C. The molecule has 4 rings (SSSR count). The van der Waals surface area contributed by atoms with Crippen molar-refractivity contribution >= 4 is 34.6 Å². The number of imidazole rings is 1. The van der Waals surface area contributed by atoms with Gasteiger partial charge in [-0.2, -0.15) is 0 Å². The van der Waals surface area contributed by atoms with Crippen LogP contribution >= 0.6 is 0 Å². The number of methoxy groups -OCH3 is 1. The van der Waals surface area contributed by atoms with Crippen LogP contribution in [0.2, 0.25) is 0 Å². The van der Waals surface area contributed by atoms with Gasteiger partial charge in [-0.1, -0.05) is 13.5 Å². The normalized spacial score (nSPS) is 14.4. The highest BCUT2D eigenvalue weighted by Crippen LogP contribution is 2.36. The van der Waals surface area contributed by atoms with Gasteiger partial charge in [0.2, 0.25) is 11.8 Å². The number of carbonyl (C=O) groups is 3. The molecule has 1 aliphatic heterocycles. The maximum Gasteiger partial charge on any atom is 0.414 e. The first-order chi connectivity index (χ1) is 18.1. The van der Waals surface area contributed by atoms with E-state index in [1.165, 1.54) is 23.0 Å². The molecule has 0 saturated carbocycles. The van der Waals surface area contributed by atoms with Gasteiger partial charge in [0.05, 0.1) is 30.4 Å². The summed E-state index contributed by atoms with van der Waals surface area (Å²) >= 11 is 0. The van der Waals surface area contributed by atoms with Crippen LogP contribution in [-0.2, 0) is 40.3 Å². The van der Waals surface area contributed by atoms with Gasteiger partial charge >= 0.3 is 6.09 Å². The molecule has 1 aromatic carbocycles. The number of benzene rings is 1. The summed E-state index contributed by atoms with van der Waals surface area (Å²) in [4.78, 5) is 59.6. The number of rotatable bonds is 7. The van der Waals surface area contributed by atoms with Crippen molar-refractivity contribution < 1.29 is 19.1 Å². The Balaban J connectivity index is 0.00000420. The maximum atomic E-state index is 13.2. The number of hydrogen-bond acceptors (Lipinski definition) is 6. The minimum atomic E-state index is -0.428. The van der Waals surface area contributed by atoms with Crippen LogP contribution in [0.1, 0.15) is 32.2 Å². The predicted molar refractivity (Wildman–Crippen MR) is 150 cm³/mol. The second-order valence-electron chi connectivity index (χ2n) is 9.79. The number of nitrogens with zero attached hydrogens (tertiary/aromatic N) is 6. The number of aromatic nitrogens is 3. The van der Waals surface area contributed by atoms with Crippen molar-refractivity contribution in [3.63, 3.8) is 0 Å². The first-order valence-electron chi connectivity index (χ1n) is 12.6.